The quantitative estimate of drug-likeness (QED) is 0.728. The number of carbonyl (C=O) groups excluding carboxylic acids is 2. The number of halogens is 3. The second kappa shape index (κ2) is 8.21. The molecule has 0 aliphatic carbocycles. The first-order chi connectivity index (χ1) is 13.5. The maximum atomic E-state index is 12.3. The van der Waals surface area contributed by atoms with E-state index in [0.717, 1.165) is 5.56 Å². The van der Waals surface area contributed by atoms with Crippen LogP contribution in [0.25, 0.3) is 0 Å². The highest BCUT2D eigenvalue weighted by atomic mass is 32.2. The lowest BCUT2D eigenvalue weighted by Gasteiger charge is -2.22. The minimum Gasteiger partial charge on any atom is -0.406 e. The Hall–Kier alpha value is -2.30. The predicted molar refractivity (Wildman–Crippen MR) is 96.7 cm³/mol. The number of rotatable bonds is 6. The highest BCUT2D eigenvalue weighted by Gasteiger charge is 2.41. The average molecular weight is 434 g/mol. The molecular weight excluding hydrogens is 413 g/mol. The van der Waals surface area contributed by atoms with Gasteiger partial charge in [-0.1, -0.05) is 12.1 Å². The van der Waals surface area contributed by atoms with Crippen LogP contribution in [0, 0.1) is 5.92 Å². The van der Waals surface area contributed by atoms with Crippen molar-refractivity contribution in [2.75, 3.05) is 24.6 Å². The largest absolute Gasteiger partial charge is 0.573 e. The summed E-state index contributed by atoms with van der Waals surface area (Å²) >= 11 is 0. The normalized spacial score (nSPS) is 24.0. The fourth-order valence-corrected chi connectivity index (χ4v) is 5.34. The van der Waals surface area contributed by atoms with E-state index in [1.807, 2.05) is 0 Å². The number of ether oxygens (including phenoxy) is 1. The maximum Gasteiger partial charge on any atom is 0.573 e. The summed E-state index contributed by atoms with van der Waals surface area (Å²) in [4.78, 5) is 26.0. The van der Waals surface area contributed by atoms with Crippen molar-refractivity contribution in [3.8, 4) is 5.75 Å². The van der Waals surface area contributed by atoms with Crippen LogP contribution in [0.3, 0.4) is 0 Å². The zero-order valence-electron chi connectivity index (χ0n) is 15.4. The number of nitrogens with one attached hydrogen (secondary N) is 1. The number of amides is 2. The molecule has 2 amide bonds. The van der Waals surface area contributed by atoms with Gasteiger partial charge in [0.1, 0.15) is 5.75 Å². The molecule has 11 heteroatoms. The SMILES string of the molecule is O=C(NCCc1ccc(OC(F)(F)F)cc1)[C@H]1CC(=O)N([C@@H]2CCS(=O)(=O)C2)C1. The molecule has 1 aromatic carbocycles. The molecule has 0 saturated carbocycles. The minimum atomic E-state index is -4.75. The second-order valence-corrected chi connectivity index (χ2v) is 9.47. The van der Waals surface area contributed by atoms with Crippen LogP contribution in [-0.2, 0) is 25.8 Å². The van der Waals surface area contributed by atoms with Crippen molar-refractivity contribution in [3.63, 3.8) is 0 Å². The summed E-state index contributed by atoms with van der Waals surface area (Å²) in [5, 5.41) is 2.73. The van der Waals surface area contributed by atoms with Gasteiger partial charge in [0.05, 0.1) is 17.4 Å². The van der Waals surface area contributed by atoms with Gasteiger partial charge in [-0.2, -0.15) is 0 Å². The van der Waals surface area contributed by atoms with Gasteiger partial charge in [-0.05, 0) is 30.5 Å². The van der Waals surface area contributed by atoms with E-state index in [1.165, 1.54) is 29.2 Å². The van der Waals surface area contributed by atoms with Gasteiger partial charge in [0.15, 0.2) is 9.84 Å². The summed E-state index contributed by atoms with van der Waals surface area (Å²) in [7, 11) is -3.12. The number of nitrogens with zero attached hydrogens (tertiary/aromatic N) is 1. The fraction of sp³-hybridized carbons (Fsp3) is 0.556. The molecule has 0 aromatic heterocycles. The van der Waals surface area contributed by atoms with E-state index in [-0.39, 0.29) is 54.6 Å². The topological polar surface area (TPSA) is 92.8 Å². The molecule has 29 heavy (non-hydrogen) atoms. The van der Waals surface area contributed by atoms with E-state index in [4.69, 9.17) is 0 Å². The number of hydrogen-bond acceptors (Lipinski definition) is 5. The van der Waals surface area contributed by atoms with Crippen molar-refractivity contribution in [2.45, 2.75) is 31.7 Å². The van der Waals surface area contributed by atoms with Gasteiger partial charge in [-0.25, -0.2) is 8.42 Å². The summed E-state index contributed by atoms with van der Waals surface area (Å²) in [6.45, 7) is 0.467. The second-order valence-electron chi connectivity index (χ2n) is 7.24. The van der Waals surface area contributed by atoms with Crippen molar-refractivity contribution in [1.82, 2.24) is 10.2 Å². The molecule has 7 nitrogen and oxygen atoms in total. The van der Waals surface area contributed by atoms with Crippen LogP contribution in [-0.4, -0.2) is 62.1 Å². The number of carbonyl (C=O) groups is 2. The Morgan fingerprint density at radius 1 is 1.24 bits per heavy atom. The first kappa shape index (κ1) is 21.4. The number of sulfone groups is 1. The fourth-order valence-electron chi connectivity index (χ4n) is 3.61. The van der Waals surface area contributed by atoms with Gasteiger partial charge in [0.25, 0.3) is 0 Å². The minimum absolute atomic E-state index is 0.0475. The third-order valence-electron chi connectivity index (χ3n) is 5.05. The number of benzene rings is 1. The molecule has 1 N–H and O–H groups in total. The van der Waals surface area contributed by atoms with Crippen LogP contribution in [0.4, 0.5) is 13.2 Å². The summed E-state index contributed by atoms with van der Waals surface area (Å²) in [6, 6.07) is 5.01. The molecule has 160 valence electrons. The van der Waals surface area contributed by atoms with Crippen LogP contribution < -0.4 is 10.1 Å². The molecule has 3 rings (SSSR count). The Labute approximate surface area is 166 Å². The van der Waals surface area contributed by atoms with E-state index >= 15 is 0 Å². The Morgan fingerprint density at radius 2 is 1.93 bits per heavy atom. The molecule has 2 saturated heterocycles. The summed E-state index contributed by atoms with van der Waals surface area (Å²) < 4.78 is 63.4. The maximum absolute atomic E-state index is 12.3. The van der Waals surface area contributed by atoms with E-state index in [2.05, 4.69) is 10.1 Å². The molecule has 0 bridgehead atoms. The molecule has 2 fully saturated rings. The Balaban J connectivity index is 1.45. The molecule has 0 spiro atoms. The summed E-state index contributed by atoms with van der Waals surface area (Å²) in [5.74, 6) is -1.35. The van der Waals surface area contributed by atoms with Crippen LogP contribution in [0.5, 0.6) is 5.75 Å². The summed E-state index contributed by atoms with van der Waals surface area (Å²) in [6.07, 6.45) is -3.89. The molecule has 1 aromatic rings. The molecule has 0 unspecified atom stereocenters. The highest BCUT2D eigenvalue weighted by molar-refractivity contribution is 7.91. The molecule has 2 atom stereocenters. The number of hydrogen-bond donors (Lipinski definition) is 1. The lowest BCUT2D eigenvalue weighted by Crippen LogP contribution is -2.39. The molecule has 2 aliphatic heterocycles. The van der Waals surface area contributed by atoms with E-state index in [1.54, 1.807) is 0 Å². The molecule has 0 radical (unpaired) electrons. The van der Waals surface area contributed by atoms with Crippen LogP contribution in [0.2, 0.25) is 0 Å². The van der Waals surface area contributed by atoms with Gasteiger partial charge in [-0.3, -0.25) is 9.59 Å². The Kier molecular flexibility index (Phi) is 6.06. The summed E-state index contributed by atoms with van der Waals surface area (Å²) in [5.41, 5.74) is 0.722. The van der Waals surface area contributed by atoms with Gasteiger partial charge >= 0.3 is 6.36 Å². The average Bonchev–Trinajstić information content (AvgIpc) is 3.17. The van der Waals surface area contributed by atoms with Crippen LogP contribution in [0.1, 0.15) is 18.4 Å². The lowest BCUT2D eigenvalue weighted by atomic mass is 10.1. The van der Waals surface area contributed by atoms with Gasteiger partial charge in [0.2, 0.25) is 11.8 Å². The lowest BCUT2D eigenvalue weighted by molar-refractivity contribution is -0.274. The van der Waals surface area contributed by atoms with Crippen LogP contribution >= 0.6 is 0 Å². The molecular formula is C18H21F3N2O5S. The first-order valence-corrected chi connectivity index (χ1v) is 11.0. The van der Waals surface area contributed by atoms with Gasteiger partial charge in [-0.15, -0.1) is 13.2 Å². The Bertz CT molecular complexity index is 870. The zero-order valence-corrected chi connectivity index (χ0v) is 16.3. The Morgan fingerprint density at radius 3 is 2.52 bits per heavy atom. The number of alkyl halides is 3. The zero-order chi connectivity index (χ0) is 21.2. The highest BCUT2D eigenvalue weighted by Crippen LogP contribution is 2.26. The van der Waals surface area contributed by atoms with Crippen molar-refractivity contribution in [1.29, 1.82) is 0 Å². The van der Waals surface area contributed by atoms with Crippen molar-refractivity contribution >= 4 is 21.7 Å². The third kappa shape index (κ3) is 5.84. The van der Waals surface area contributed by atoms with Gasteiger partial charge in [0, 0.05) is 25.6 Å². The van der Waals surface area contributed by atoms with Crippen molar-refractivity contribution in [3.05, 3.63) is 29.8 Å². The first-order valence-electron chi connectivity index (χ1n) is 9.15. The predicted octanol–water partition coefficient (Wildman–Crippen LogP) is 1.28. The van der Waals surface area contributed by atoms with E-state index in [0.29, 0.717) is 12.8 Å². The standard InChI is InChI=1S/C18H21F3N2O5S/c19-18(20,21)28-15-3-1-12(2-4-15)5-7-22-17(25)13-9-16(24)23(10-13)14-6-8-29(26,27)11-14/h1-4,13-14H,5-11H2,(H,22,25)/t13-,14+/m0/s1. The van der Waals surface area contributed by atoms with E-state index in [9.17, 15) is 31.2 Å². The number of likely N-dealkylation sites (tertiary alicyclic amines) is 1. The molecule has 2 aliphatic rings. The van der Waals surface area contributed by atoms with Gasteiger partial charge < -0.3 is 15.0 Å². The van der Waals surface area contributed by atoms with Crippen LogP contribution in [0.15, 0.2) is 24.3 Å². The monoisotopic (exact) mass is 434 g/mol. The van der Waals surface area contributed by atoms with Crippen molar-refractivity contribution < 1.29 is 35.9 Å². The van der Waals surface area contributed by atoms with E-state index < -0.39 is 22.1 Å². The van der Waals surface area contributed by atoms with Crippen molar-refractivity contribution in [2.24, 2.45) is 5.92 Å². The third-order valence-corrected chi connectivity index (χ3v) is 6.80. The molecule has 2 heterocycles. The smallest absolute Gasteiger partial charge is 0.406 e.